The molecule has 0 spiro atoms. The van der Waals surface area contributed by atoms with Crippen molar-refractivity contribution in [3.8, 4) is 5.75 Å². The summed E-state index contributed by atoms with van der Waals surface area (Å²) in [5, 5.41) is 4.78. The fraction of sp³-hybridized carbons (Fsp3) is 0.538. The number of rotatable bonds is 6. The summed E-state index contributed by atoms with van der Waals surface area (Å²) in [5.74, 6) is -3.19. The van der Waals surface area contributed by atoms with E-state index in [1.165, 1.54) is 0 Å². The molecule has 0 bridgehead atoms. The first-order valence-corrected chi connectivity index (χ1v) is 8.19. The summed E-state index contributed by atoms with van der Waals surface area (Å²) < 4.78 is 59.9. The zero-order valence-electron chi connectivity index (χ0n) is 11.3. The monoisotopic (exact) mass is 321 g/mol. The van der Waals surface area contributed by atoms with Gasteiger partial charge in [-0.1, -0.05) is 0 Å². The highest BCUT2D eigenvalue weighted by molar-refractivity contribution is 7.89. The number of hydrogen-bond acceptors (Lipinski definition) is 4. The predicted molar refractivity (Wildman–Crippen MR) is 71.4 cm³/mol. The fourth-order valence-electron chi connectivity index (χ4n) is 2.21. The lowest BCUT2D eigenvalue weighted by Crippen LogP contribution is -2.15. The highest BCUT2D eigenvalue weighted by Gasteiger charge is 2.21. The number of ether oxygens (including phenoxy) is 2. The zero-order chi connectivity index (χ0) is 15.5. The molecule has 0 aromatic heterocycles. The zero-order valence-corrected chi connectivity index (χ0v) is 12.2. The largest absolute Gasteiger partial charge is 0.490 e. The Morgan fingerprint density at radius 3 is 2.71 bits per heavy atom. The van der Waals surface area contributed by atoms with Crippen LogP contribution in [0.3, 0.4) is 0 Å². The lowest BCUT2D eigenvalue weighted by Gasteiger charge is -2.11. The van der Waals surface area contributed by atoms with Crippen LogP contribution in [0.5, 0.6) is 5.75 Å². The Morgan fingerprint density at radius 1 is 1.33 bits per heavy atom. The molecule has 0 aliphatic carbocycles. The Balaban J connectivity index is 1.93. The highest BCUT2D eigenvalue weighted by Crippen LogP contribution is 2.25. The third kappa shape index (κ3) is 4.12. The number of primary sulfonamides is 1. The molecular weight excluding hydrogens is 304 g/mol. The molecule has 0 amide bonds. The second kappa shape index (κ2) is 6.67. The van der Waals surface area contributed by atoms with Crippen molar-refractivity contribution >= 4 is 10.0 Å². The molecule has 1 saturated heterocycles. The van der Waals surface area contributed by atoms with E-state index in [1.807, 2.05) is 0 Å². The van der Waals surface area contributed by atoms with Gasteiger partial charge in [0.15, 0.2) is 11.6 Å². The maximum absolute atomic E-state index is 13.7. The summed E-state index contributed by atoms with van der Waals surface area (Å²) in [6.45, 7) is 0.964. The first-order chi connectivity index (χ1) is 9.89. The van der Waals surface area contributed by atoms with Crippen molar-refractivity contribution in [2.24, 2.45) is 5.14 Å². The van der Waals surface area contributed by atoms with Gasteiger partial charge in [-0.15, -0.1) is 0 Å². The fourth-order valence-corrected chi connectivity index (χ4v) is 2.81. The normalized spacial score (nSPS) is 18.9. The summed E-state index contributed by atoms with van der Waals surface area (Å²) in [7, 11) is -4.30. The third-order valence-electron chi connectivity index (χ3n) is 3.27. The van der Waals surface area contributed by atoms with E-state index in [0.29, 0.717) is 6.42 Å². The van der Waals surface area contributed by atoms with E-state index in [1.54, 1.807) is 0 Å². The Hall–Kier alpha value is -1.25. The molecule has 2 N–H and O–H groups in total. The maximum Gasteiger partial charge on any atom is 0.241 e. The molecule has 5 nitrogen and oxygen atoms in total. The summed E-state index contributed by atoms with van der Waals surface area (Å²) in [5.41, 5.74) is 0. The molecule has 118 valence electrons. The van der Waals surface area contributed by atoms with Crippen molar-refractivity contribution in [1.82, 2.24) is 0 Å². The minimum Gasteiger partial charge on any atom is -0.490 e. The number of hydrogen-bond donors (Lipinski definition) is 1. The van der Waals surface area contributed by atoms with E-state index in [-0.39, 0.29) is 18.5 Å². The molecule has 1 atom stereocenters. The van der Waals surface area contributed by atoms with E-state index in [9.17, 15) is 17.2 Å². The topological polar surface area (TPSA) is 78.6 Å². The van der Waals surface area contributed by atoms with Crippen molar-refractivity contribution in [3.05, 3.63) is 23.8 Å². The molecule has 21 heavy (non-hydrogen) atoms. The van der Waals surface area contributed by atoms with Gasteiger partial charge in [0.05, 0.1) is 12.7 Å². The number of halogens is 2. The molecule has 1 aromatic rings. The van der Waals surface area contributed by atoms with Gasteiger partial charge in [-0.2, -0.15) is 4.39 Å². The molecule has 1 fully saturated rings. The lowest BCUT2D eigenvalue weighted by atomic mass is 10.1. The van der Waals surface area contributed by atoms with Gasteiger partial charge in [-0.05, 0) is 37.8 Å². The molecule has 1 aliphatic heterocycles. The first kappa shape index (κ1) is 16.1. The van der Waals surface area contributed by atoms with Gasteiger partial charge < -0.3 is 9.47 Å². The minimum atomic E-state index is -4.30. The van der Waals surface area contributed by atoms with Crippen LogP contribution in [0.2, 0.25) is 0 Å². The van der Waals surface area contributed by atoms with Crippen LogP contribution in [0.1, 0.15) is 25.7 Å². The average molecular weight is 321 g/mol. The number of nitrogens with two attached hydrogens (primary N) is 1. The molecule has 2 rings (SSSR count). The van der Waals surface area contributed by atoms with Gasteiger partial charge in [0.1, 0.15) is 4.90 Å². The summed E-state index contributed by atoms with van der Waals surface area (Å²) in [6, 6.07) is 1.95. The van der Waals surface area contributed by atoms with E-state index < -0.39 is 26.6 Å². The van der Waals surface area contributed by atoms with E-state index >= 15 is 0 Å². The van der Waals surface area contributed by atoms with Crippen LogP contribution in [0.25, 0.3) is 0 Å². The van der Waals surface area contributed by atoms with Gasteiger partial charge in [0.2, 0.25) is 15.8 Å². The number of benzene rings is 1. The van der Waals surface area contributed by atoms with Gasteiger partial charge in [0.25, 0.3) is 0 Å². The van der Waals surface area contributed by atoms with Gasteiger partial charge in [-0.25, -0.2) is 17.9 Å². The van der Waals surface area contributed by atoms with Crippen molar-refractivity contribution in [3.63, 3.8) is 0 Å². The second-order valence-electron chi connectivity index (χ2n) is 4.86. The summed E-state index contributed by atoms with van der Waals surface area (Å²) >= 11 is 0. The minimum absolute atomic E-state index is 0.199. The van der Waals surface area contributed by atoms with Crippen LogP contribution >= 0.6 is 0 Å². The van der Waals surface area contributed by atoms with Gasteiger partial charge >= 0.3 is 0 Å². The number of sulfonamides is 1. The van der Waals surface area contributed by atoms with Crippen LogP contribution in [0.15, 0.2) is 17.0 Å². The molecule has 0 radical (unpaired) electrons. The third-order valence-corrected chi connectivity index (χ3v) is 4.20. The van der Waals surface area contributed by atoms with Crippen molar-refractivity contribution in [1.29, 1.82) is 0 Å². The smallest absolute Gasteiger partial charge is 0.241 e. The molecule has 1 aliphatic rings. The van der Waals surface area contributed by atoms with Crippen LogP contribution in [0.4, 0.5) is 8.78 Å². The Morgan fingerprint density at radius 2 is 2.10 bits per heavy atom. The van der Waals surface area contributed by atoms with Crippen LogP contribution < -0.4 is 9.88 Å². The second-order valence-corrected chi connectivity index (χ2v) is 6.39. The molecule has 0 saturated carbocycles. The summed E-state index contributed by atoms with van der Waals surface area (Å²) in [4.78, 5) is -0.883. The molecule has 1 unspecified atom stereocenters. The van der Waals surface area contributed by atoms with Crippen LogP contribution in [0, 0.1) is 11.6 Å². The molecule has 1 heterocycles. The Bertz CT molecular complexity index is 600. The first-order valence-electron chi connectivity index (χ1n) is 6.65. The van der Waals surface area contributed by atoms with Crippen molar-refractivity contribution < 1.29 is 26.7 Å². The highest BCUT2D eigenvalue weighted by atomic mass is 32.2. The van der Waals surface area contributed by atoms with Gasteiger partial charge in [0, 0.05) is 6.61 Å². The molecule has 8 heteroatoms. The van der Waals surface area contributed by atoms with Gasteiger partial charge in [-0.3, -0.25) is 0 Å². The van der Waals surface area contributed by atoms with Crippen molar-refractivity contribution in [2.45, 2.75) is 36.7 Å². The SMILES string of the molecule is NS(=O)(=O)c1ccc(OCCCC2CCCO2)c(F)c1F. The quantitative estimate of drug-likeness (QED) is 0.812. The van der Waals surface area contributed by atoms with E-state index in [4.69, 9.17) is 14.6 Å². The molecule has 1 aromatic carbocycles. The van der Waals surface area contributed by atoms with Crippen LogP contribution in [-0.4, -0.2) is 27.7 Å². The van der Waals surface area contributed by atoms with E-state index in [2.05, 4.69) is 0 Å². The average Bonchev–Trinajstić information content (AvgIpc) is 2.91. The maximum atomic E-state index is 13.7. The van der Waals surface area contributed by atoms with E-state index in [0.717, 1.165) is 38.0 Å². The predicted octanol–water partition coefficient (Wildman–Crippen LogP) is 1.95. The van der Waals surface area contributed by atoms with Crippen LogP contribution in [-0.2, 0) is 14.8 Å². The summed E-state index contributed by atoms with van der Waals surface area (Å²) in [6.07, 6.45) is 3.69. The Labute approximate surface area is 122 Å². The Kier molecular flexibility index (Phi) is 5.13. The standard InChI is InChI=1S/C13H17F2NO4S/c14-12-10(5-6-11(13(12)15)21(16,17)18)20-8-2-4-9-3-1-7-19-9/h5-6,9H,1-4,7-8H2,(H2,16,17,18). The van der Waals surface area contributed by atoms with Crippen molar-refractivity contribution in [2.75, 3.05) is 13.2 Å². The molecular formula is C13H17F2NO4S. The lowest BCUT2D eigenvalue weighted by molar-refractivity contribution is 0.0978.